The molecule has 0 aromatic heterocycles. The van der Waals surface area contributed by atoms with Crippen molar-refractivity contribution in [3.8, 4) is 5.75 Å². The molecular weight excluding hydrogens is 462 g/mol. The molecule has 5 rings (SSSR count). The normalized spacial score (nSPS) is 19.0. The van der Waals surface area contributed by atoms with E-state index in [1.54, 1.807) is 7.11 Å². The molecular formula is C27H27N3O4S. The summed E-state index contributed by atoms with van der Waals surface area (Å²) in [5.41, 5.74) is 5.31. The summed E-state index contributed by atoms with van der Waals surface area (Å²) in [4.78, 5) is 34.9. The number of benzene rings is 2. The van der Waals surface area contributed by atoms with Gasteiger partial charge in [-0.2, -0.15) is 0 Å². The number of hydrogen-bond donors (Lipinski definition) is 0. The Morgan fingerprint density at radius 2 is 1.83 bits per heavy atom. The van der Waals surface area contributed by atoms with E-state index in [1.807, 2.05) is 58.5 Å². The molecule has 0 spiro atoms. The fourth-order valence-corrected chi connectivity index (χ4v) is 5.78. The third kappa shape index (κ3) is 4.34. The third-order valence-corrected chi connectivity index (χ3v) is 7.54. The Balaban J connectivity index is 1.44. The van der Waals surface area contributed by atoms with Crippen molar-refractivity contribution in [1.82, 2.24) is 9.80 Å². The third-order valence-electron chi connectivity index (χ3n) is 6.65. The van der Waals surface area contributed by atoms with Gasteiger partial charge >= 0.3 is 5.97 Å². The van der Waals surface area contributed by atoms with Crippen molar-refractivity contribution in [1.29, 1.82) is 0 Å². The van der Waals surface area contributed by atoms with E-state index < -0.39 is 12.0 Å². The number of ether oxygens (including phenoxy) is 2. The van der Waals surface area contributed by atoms with Crippen LogP contribution in [0.2, 0.25) is 0 Å². The molecule has 2 aromatic carbocycles. The van der Waals surface area contributed by atoms with Gasteiger partial charge in [0.1, 0.15) is 5.75 Å². The first-order valence-corrected chi connectivity index (χ1v) is 12.4. The number of aliphatic imine (C=N–C) groups is 1. The van der Waals surface area contributed by atoms with Gasteiger partial charge in [-0.1, -0.05) is 48.2 Å². The van der Waals surface area contributed by atoms with Gasteiger partial charge in [0.15, 0.2) is 5.17 Å². The molecule has 35 heavy (non-hydrogen) atoms. The largest absolute Gasteiger partial charge is 0.497 e. The topological polar surface area (TPSA) is 71.4 Å². The van der Waals surface area contributed by atoms with Crippen LogP contribution in [-0.4, -0.2) is 47.6 Å². The zero-order chi connectivity index (χ0) is 24.5. The highest BCUT2D eigenvalue weighted by atomic mass is 32.2. The molecule has 0 saturated carbocycles. The summed E-state index contributed by atoms with van der Waals surface area (Å²) in [6, 6.07) is 15.4. The van der Waals surface area contributed by atoms with E-state index in [4.69, 9.17) is 9.47 Å². The highest BCUT2D eigenvalue weighted by Crippen LogP contribution is 2.45. The van der Waals surface area contributed by atoms with Crippen molar-refractivity contribution in [3.63, 3.8) is 0 Å². The minimum atomic E-state index is -0.447. The number of amides is 1. The molecule has 3 heterocycles. The lowest BCUT2D eigenvalue weighted by Crippen LogP contribution is -2.40. The summed E-state index contributed by atoms with van der Waals surface area (Å²) in [7, 11) is 2.99. The van der Waals surface area contributed by atoms with E-state index in [0.29, 0.717) is 24.4 Å². The Morgan fingerprint density at radius 1 is 1.09 bits per heavy atom. The number of nitrogens with zero attached hydrogens (tertiary/aromatic N) is 3. The summed E-state index contributed by atoms with van der Waals surface area (Å²) in [5.74, 6) is 0.360. The van der Waals surface area contributed by atoms with Gasteiger partial charge in [-0.05, 0) is 47.6 Å². The molecule has 0 bridgehead atoms. The van der Waals surface area contributed by atoms with Crippen LogP contribution in [0.25, 0.3) is 0 Å². The minimum absolute atomic E-state index is 0.0620. The smallest absolute Gasteiger partial charge is 0.338 e. The zero-order valence-electron chi connectivity index (χ0n) is 20.0. The van der Waals surface area contributed by atoms with E-state index >= 15 is 0 Å². The van der Waals surface area contributed by atoms with Crippen molar-refractivity contribution in [2.45, 2.75) is 32.4 Å². The van der Waals surface area contributed by atoms with E-state index in [1.165, 1.54) is 30.0 Å². The number of allylic oxidation sites excluding steroid dienone is 1. The standard InChI is InChI=1S/C27H27N3O4S/c1-17-24(26(32)34-3)25(19-8-10-22(33-2)11-9-19)30-21(16-35-27(30)28-17)14-23(31)29-13-12-18-6-4-5-7-20(18)15-29/h4-11,16,25H,12-15H2,1-3H3. The average Bonchev–Trinajstić information content (AvgIpc) is 3.28. The number of rotatable bonds is 5. The van der Waals surface area contributed by atoms with E-state index in [9.17, 15) is 9.59 Å². The van der Waals surface area contributed by atoms with Crippen molar-refractivity contribution in [3.05, 3.63) is 87.6 Å². The van der Waals surface area contributed by atoms with Crippen molar-refractivity contribution >= 4 is 28.8 Å². The number of carbonyl (C=O) groups excluding carboxylic acids is 2. The SMILES string of the molecule is COC(=O)C1=C(C)N=C2SC=C(CC(=O)N3CCc4ccccc4C3)N2C1c1ccc(OC)cc1. The predicted octanol–water partition coefficient (Wildman–Crippen LogP) is 4.42. The maximum atomic E-state index is 13.4. The number of methoxy groups -OCH3 is 2. The van der Waals surface area contributed by atoms with Gasteiger partial charge in [0.05, 0.1) is 38.0 Å². The van der Waals surface area contributed by atoms with Crippen LogP contribution < -0.4 is 4.74 Å². The molecule has 1 amide bonds. The number of hydrogen-bond acceptors (Lipinski definition) is 7. The predicted molar refractivity (Wildman–Crippen MR) is 136 cm³/mol. The number of amidine groups is 1. The number of thioether (sulfide) groups is 1. The molecule has 3 aliphatic rings. The summed E-state index contributed by atoms with van der Waals surface area (Å²) in [5, 5.41) is 2.72. The Labute approximate surface area is 209 Å². The van der Waals surface area contributed by atoms with Crippen molar-refractivity contribution in [2.75, 3.05) is 20.8 Å². The molecule has 0 radical (unpaired) electrons. The second-order valence-corrected chi connectivity index (χ2v) is 9.51. The Morgan fingerprint density at radius 3 is 2.54 bits per heavy atom. The zero-order valence-corrected chi connectivity index (χ0v) is 20.8. The van der Waals surface area contributed by atoms with Crippen LogP contribution in [0, 0.1) is 0 Å². The molecule has 0 N–H and O–H groups in total. The van der Waals surface area contributed by atoms with Crippen LogP contribution in [0.3, 0.4) is 0 Å². The number of carbonyl (C=O) groups is 2. The second-order valence-electron chi connectivity index (χ2n) is 8.67. The van der Waals surface area contributed by atoms with Gasteiger partial charge in [-0.3, -0.25) is 4.79 Å². The first-order chi connectivity index (χ1) is 17.0. The van der Waals surface area contributed by atoms with Gasteiger partial charge in [-0.25, -0.2) is 9.79 Å². The minimum Gasteiger partial charge on any atom is -0.497 e. The number of fused-ring (bicyclic) bond motifs is 2. The van der Waals surface area contributed by atoms with Crippen LogP contribution in [0.1, 0.15) is 36.1 Å². The molecule has 1 unspecified atom stereocenters. The maximum Gasteiger partial charge on any atom is 0.338 e. The fraction of sp³-hybridized carbons (Fsp3) is 0.296. The van der Waals surface area contributed by atoms with Crippen LogP contribution in [0.15, 0.2) is 75.9 Å². The Hall–Kier alpha value is -3.52. The highest BCUT2D eigenvalue weighted by Gasteiger charge is 2.41. The van der Waals surface area contributed by atoms with Gasteiger partial charge in [0.2, 0.25) is 5.91 Å². The van der Waals surface area contributed by atoms with E-state index in [0.717, 1.165) is 28.6 Å². The first-order valence-electron chi connectivity index (χ1n) is 11.5. The first kappa shape index (κ1) is 23.2. The maximum absolute atomic E-state index is 13.4. The lowest BCUT2D eigenvalue weighted by atomic mass is 9.93. The molecule has 8 heteroatoms. The van der Waals surface area contributed by atoms with Crippen molar-refractivity contribution in [2.24, 2.45) is 4.99 Å². The lowest BCUT2D eigenvalue weighted by Gasteiger charge is -2.37. The monoisotopic (exact) mass is 489 g/mol. The highest BCUT2D eigenvalue weighted by molar-refractivity contribution is 8.16. The summed E-state index contributed by atoms with van der Waals surface area (Å²) < 4.78 is 10.5. The van der Waals surface area contributed by atoms with Crippen LogP contribution in [-0.2, 0) is 27.3 Å². The molecule has 7 nitrogen and oxygen atoms in total. The second kappa shape index (κ2) is 9.62. The van der Waals surface area contributed by atoms with Gasteiger partial charge in [0.25, 0.3) is 0 Å². The van der Waals surface area contributed by atoms with Gasteiger partial charge in [-0.15, -0.1) is 0 Å². The molecule has 0 fully saturated rings. The van der Waals surface area contributed by atoms with Crippen LogP contribution >= 0.6 is 11.8 Å². The summed E-state index contributed by atoms with van der Waals surface area (Å²) in [6.07, 6.45) is 1.09. The summed E-state index contributed by atoms with van der Waals surface area (Å²) >= 11 is 1.47. The number of esters is 1. The van der Waals surface area contributed by atoms with Gasteiger partial charge in [0, 0.05) is 18.8 Å². The van der Waals surface area contributed by atoms with E-state index in [2.05, 4.69) is 17.1 Å². The van der Waals surface area contributed by atoms with Gasteiger partial charge < -0.3 is 19.3 Å². The quantitative estimate of drug-likeness (QED) is 0.579. The molecule has 0 saturated heterocycles. The molecule has 0 aliphatic carbocycles. The Bertz CT molecular complexity index is 1270. The van der Waals surface area contributed by atoms with Crippen LogP contribution in [0.4, 0.5) is 0 Å². The lowest BCUT2D eigenvalue weighted by molar-refractivity contribution is -0.136. The molecule has 180 valence electrons. The van der Waals surface area contributed by atoms with Crippen LogP contribution in [0.5, 0.6) is 5.75 Å². The summed E-state index contributed by atoms with van der Waals surface area (Å²) in [6.45, 7) is 3.14. The van der Waals surface area contributed by atoms with E-state index in [-0.39, 0.29) is 12.3 Å². The molecule has 2 aromatic rings. The van der Waals surface area contributed by atoms with Crippen molar-refractivity contribution < 1.29 is 19.1 Å². The fourth-order valence-electron chi connectivity index (χ4n) is 4.82. The Kier molecular flexibility index (Phi) is 6.38. The molecule has 1 atom stereocenters. The average molecular weight is 490 g/mol. The molecule has 3 aliphatic heterocycles.